The smallest absolute Gasteiger partial charge is 0.248 e. The minimum absolute atomic E-state index is 0.199. The highest BCUT2D eigenvalue weighted by molar-refractivity contribution is 6.33. The van der Waals surface area contributed by atoms with Crippen LogP contribution in [0.25, 0.3) is 22.2 Å². The predicted octanol–water partition coefficient (Wildman–Crippen LogP) is 6.62. The van der Waals surface area contributed by atoms with E-state index < -0.39 is 0 Å². The standard InChI is InChI=1S/C19H16ClN5.C13H16N2O2/c1-21-12-5-4-6-13(9-12)24-19-23-11-16(20)18(25-19)15-10-22-17-8-3-2-7-14(15)17;1-15(2)8-4-7-13(17)14-12-6-3-5-11(9-12)10-16/h2-11,21-22H,1H3,(H,23,24,25);3-7,9-10H,8H2,1-2H3,(H,14,17)/b;7-4+. The van der Waals surface area contributed by atoms with Crippen LogP contribution in [-0.2, 0) is 4.79 Å². The number of amides is 1. The quantitative estimate of drug-likeness (QED) is 0.114. The number of carbonyl (C=O) groups is 2. The highest BCUT2D eigenvalue weighted by Crippen LogP contribution is 2.32. The van der Waals surface area contributed by atoms with Gasteiger partial charge in [0.25, 0.3) is 0 Å². The Morgan fingerprint density at radius 1 is 1.00 bits per heavy atom. The van der Waals surface area contributed by atoms with Gasteiger partial charge in [0.15, 0.2) is 0 Å². The first kappa shape index (κ1) is 30.0. The number of carbonyl (C=O) groups excluding carboxylic acids is 2. The van der Waals surface area contributed by atoms with Crippen LogP contribution in [-0.4, -0.2) is 59.7 Å². The van der Waals surface area contributed by atoms with Crippen LogP contribution in [0.1, 0.15) is 10.4 Å². The van der Waals surface area contributed by atoms with E-state index in [1.807, 2.05) is 80.8 Å². The Morgan fingerprint density at radius 3 is 2.55 bits per heavy atom. The Labute approximate surface area is 249 Å². The van der Waals surface area contributed by atoms with Crippen LogP contribution in [0, 0.1) is 0 Å². The largest absolute Gasteiger partial charge is 0.388 e. The van der Waals surface area contributed by atoms with Gasteiger partial charge in [0, 0.05) is 65.0 Å². The molecule has 0 spiro atoms. The van der Waals surface area contributed by atoms with E-state index in [-0.39, 0.29) is 5.91 Å². The van der Waals surface area contributed by atoms with Crippen LogP contribution in [0.5, 0.6) is 0 Å². The van der Waals surface area contributed by atoms with Gasteiger partial charge in [-0.25, -0.2) is 9.97 Å². The normalized spacial score (nSPS) is 10.8. The fraction of sp³-hybridized carbons (Fsp3) is 0.125. The number of halogens is 1. The van der Waals surface area contributed by atoms with Gasteiger partial charge in [-0.2, -0.15) is 0 Å². The molecular formula is C32H32ClN7O2. The second-order valence-electron chi connectivity index (χ2n) is 9.49. The summed E-state index contributed by atoms with van der Waals surface area (Å²) in [5.74, 6) is 0.299. The van der Waals surface area contributed by atoms with Crippen LogP contribution in [0.3, 0.4) is 0 Å². The molecule has 0 atom stereocenters. The average molecular weight is 582 g/mol. The molecule has 42 heavy (non-hydrogen) atoms. The first-order valence-electron chi connectivity index (χ1n) is 13.2. The number of para-hydroxylation sites is 1. The third kappa shape index (κ3) is 8.26. The number of nitrogens with one attached hydrogen (secondary N) is 4. The van der Waals surface area contributed by atoms with E-state index in [2.05, 4.69) is 30.9 Å². The Bertz CT molecular complexity index is 1700. The number of hydrogen-bond acceptors (Lipinski definition) is 7. The average Bonchev–Trinajstić information content (AvgIpc) is 3.42. The number of benzene rings is 3. The fourth-order valence-corrected chi connectivity index (χ4v) is 4.20. The SMILES string of the molecule is CN(C)C/C=C/C(=O)Nc1cccc(C=O)c1.CNc1cccc(Nc2ncc(Cl)c(-c3c[nH]c4ccccc34)n2)c1. The number of nitrogens with zero attached hydrogens (tertiary/aromatic N) is 3. The van der Waals surface area contributed by atoms with Crippen LogP contribution in [0.4, 0.5) is 23.0 Å². The number of likely N-dealkylation sites (N-methyl/N-ethyl adjacent to an activating group) is 1. The van der Waals surface area contributed by atoms with E-state index >= 15 is 0 Å². The van der Waals surface area contributed by atoms with Crippen molar-refractivity contribution >= 4 is 57.7 Å². The van der Waals surface area contributed by atoms with E-state index in [0.29, 0.717) is 34.5 Å². The number of hydrogen-bond donors (Lipinski definition) is 4. The number of aromatic nitrogens is 3. The molecule has 5 rings (SSSR count). The van der Waals surface area contributed by atoms with E-state index in [1.165, 1.54) is 6.08 Å². The van der Waals surface area contributed by atoms with Gasteiger partial charge in [0.2, 0.25) is 11.9 Å². The Kier molecular flexibility index (Phi) is 10.4. The molecule has 9 nitrogen and oxygen atoms in total. The van der Waals surface area contributed by atoms with Crippen molar-refractivity contribution in [3.8, 4) is 11.3 Å². The molecule has 4 N–H and O–H groups in total. The molecular weight excluding hydrogens is 550 g/mol. The second-order valence-corrected chi connectivity index (χ2v) is 9.90. The fourth-order valence-electron chi connectivity index (χ4n) is 4.01. The zero-order valence-electron chi connectivity index (χ0n) is 23.6. The molecule has 2 heterocycles. The van der Waals surface area contributed by atoms with Gasteiger partial charge < -0.3 is 25.8 Å². The maximum Gasteiger partial charge on any atom is 0.248 e. The van der Waals surface area contributed by atoms with Gasteiger partial charge in [0.05, 0.1) is 16.9 Å². The summed E-state index contributed by atoms with van der Waals surface area (Å²) in [6, 6.07) is 22.7. The lowest BCUT2D eigenvalue weighted by Gasteiger charge is -2.09. The lowest BCUT2D eigenvalue weighted by atomic mass is 10.1. The Morgan fingerprint density at radius 2 is 1.76 bits per heavy atom. The van der Waals surface area contributed by atoms with Gasteiger partial charge in [-0.1, -0.05) is 54.1 Å². The lowest BCUT2D eigenvalue weighted by Crippen LogP contribution is -2.12. The summed E-state index contributed by atoms with van der Waals surface area (Å²) in [6.45, 7) is 0.710. The van der Waals surface area contributed by atoms with Gasteiger partial charge in [0.1, 0.15) is 6.29 Å². The topological polar surface area (TPSA) is 115 Å². The number of anilines is 4. The van der Waals surface area contributed by atoms with E-state index in [1.54, 1.807) is 36.5 Å². The van der Waals surface area contributed by atoms with E-state index in [4.69, 9.17) is 11.6 Å². The van der Waals surface area contributed by atoms with Gasteiger partial charge in [-0.3, -0.25) is 9.59 Å². The van der Waals surface area contributed by atoms with E-state index in [9.17, 15) is 9.59 Å². The van der Waals surface area contributed by atoms with Crippen LogP contribution in [0.2, 0.25) is 5.02 Å². The molecule has 214 valence electrons. The lowest BCUT2D eigenvalue weighted by molar-refractivity contribution is -0.111. The molecule has 3 aromatic carbocycles. The summed E-state index contributed by atoms with van der Waals surface area (Å²) in [6.07, 6.45) is 7.55. The van der Waals surface area contributed by atoms with Crippen LogP contribution >= 0.6 is 11.6 Å². The monoisotopic (exact) mass is 581 g/mol. The molecule has 0 bridgehead atoms. The number of H-pyrrole nitrogens is 1. The van der Waals surface area contributed by atoms with Crippen LogP contribution in [0.15, 0.2) is 97.3 Å². The molecule has 0 aliphatic rings. The molecule has 0 fully saturated rings. The zero-order chi connectivity index (χ0) is 29.9. The molecule has 1 amide bonds. The number of rotatable bonds is 9. The van der Waals surface area contributed by atoms with Gasteiger partial charge in [-0.05, 0) is 50.5 Å². The Hall–Kier alpha value is -4.99. The molecule has 5 aromatic rings. The predicted molar refractivity (Wildman–Crippen MR) is 172 cm³/mol. The summed E-state index contributed by atoms with van der Waals surface area (Å²) in [5, 5.41) is 10.6. The zero-order valence-corrected chi connectivity index (χ0v) is 24.3. The first-order chi connectivity index (χ1) is 20.4. The summed E-state index contributed by atoms with van der Waals surface area (Å²) in [5.41, 5.74) is 5.77. The van der Waals surface area contributed by atoms with Crippen molar-refractivity contribution in [2.24, 2.45) is 0 Å². The molecule has 0 unspecified atom stereocenters. The summed E-state index contributed by atoms with van der Waals surface area (Å²) < 4.78 is 0. The molecule has 0 aliphatic heterocycles. The number of aromatic amines is 1. The summed E-state index contributed by atoms with van der Waals surface area (Å²) in [4.78, 5) is 36.2. The molecule has 10 heteroatoms. The Balaban J connectivity index is 0.000000209. The third-order valence-electron chi connectivity index (χ3n) is 6.03. The van der Waals surface area contributed by atoms with Crippen LogP contribution < -0.4 is 16.0 Å². The summed E-state index contributed by atoms with van der Waals surface area (Å²) >= 11 is 6.36. The van der Waals surface area contributed by atoms with Crippen molar-refractivity contribution in [1.82, 2.24) is 19.9 Å². The van der Waals surface area contributed by atoms with Crippen molar-refractivity contribution < 1.29 is 9.59 Å². The first-order valence-corrected chi connectivity index (χ1v) is 13.6. The van der Waals surface area contributed by atoms with Crippen molar-refractivity contribution in [1.29, 1.82) is 0 Å². The van der Waals surface area contributed by atoms with Crippen molar-refractivity contribution in [3.05, 3.63) is 108 Å². The number of fused-ring (bicyclic) bond motifs is 1. The van der Waals surface area contributed by atoms with Crippen molar-refractivity contribution in [2.75, 3.05) is 43.6 Å². The maximum absolute atomic E-state index is 11.5. The molecule has 2 aromatic heterocycles. The number of aldehydes is 1. The van der Waals surface area contributed by atoms with Crippen molar-refractivity contribution in [2.45, 2.75) is 0 Å². The minimum Gasteiger partial charge on any atom is -0.388 e. The van der Waals surface area contributed by atoms with Crippen molar-refractivity contribution in [3.63, 3.8) is 0 Å². The van der Waals surface area contributed by atoms with E-state index in [0.717, 1.165) is 34.1 Å². The maximum atomic E-state index is 11.5. The molecule has 0 radical (unpaired) electrons. The molecule has 0 saturated heterocycles. The minimum atomic E-state index is -0.199. The second kappa shape index (κ2) is 14.6. The van der Waals surface area contributed by atoms with Gasteiger partial charge >= 0.3 is 0 Å². The molecule has 0 saturated carbocycles. The summed E-state index contributed by atoms with van der Waals surface area (Å²) in [7, 11) is 5.73. The highest BCUT2D eigenvalue weighted by atomic mass is 35.5. The molecule has 0 aliphatic carbocycles. The highest BCUT2D eigenvalue weighted by Gasteiger charge is 2.13. The van der Waals surface area contributed by atoms with Gasteiger partial charge in [-0.15, -0.1) is 0 Å². The third-order valence-corrected chi connectivity index (χ3v) is 6.30.